The van der Waals surface area contributed by atoms with Gasteiger partial charge in [-0.1, -0.05) is 12.1 Å². The van der Waals surface area contributed by atoms with Crippen LogP contribution in [0.2, 0.25) is 0 Å². The monoisotopic (exact) mass is 285 g/mol. The molecule has 0 saturated heterocycles. The molecular formula is C17H19NO3. The van der Waals surface area contributed by atoms with E-state index in [1.165, 1.54) is 0 Å². The molecule has 4 nitrogen and oxygen atoms in total. The number of anilines is 1. The van der Waals surface area contributed by atoms with Crippen molar-refractivity contribution in [2.45, 2.75) is 13.3 Å². The Labute approximate surface area is 124 Å². The second kappa shape index (κ2) is 6.31. The van der Waals surface area contributed by atoms with Gasteiger partial charge in [-0.25, -0.2) is 4.79 Å². The Bertz CT molecular complexity index is 635. The summed E-state index contributed by atoms with van der Waals surface area (Å²) < 4.78 is 0. The number of phenols is 1. The van der Waals surface area contributed by atoms with Crippen LogP contribution < -0.4 is 4.90 Å². The molecule has 0 spiro atoms. The zero-order valence-corrected chi connectivity index (χ0v) is 12.2. The van der Waals surface area contributed by atoms with E-state index in [0.717, 1.165) is 29.8 Å². The van der Waals surface area contributed by atoms with Crippen LogP contribution in [0.5, 0.6) is 5.75 Å². The SMILES string of the molecule is Cc1cc(O)ccc1N(C)CCc1ccc(C(=O)O)cc1. The van der Waals surface area contributed by atoms with Crippen LogP contribution >= 0.6 is 0 Å². The first kappa shape index (κ1) is 14.9. The van der Waals surface area contributed by atoms with Crippen LogP contribution in [0, 0.1) is 6.92 Å². The number of carbonyl (C=O) groups is 1. The van der Waals surface area contributed by atoms with Crippen LogP contribution in [0.1, 0.15) is 21.5 Å². The van der Waals surface area contributed by atoms with E-state index < -0.39 is 5.97 Å². The number of hydrogen-bond donors (Lipinski definition) is 2. The Morgan fingerprint density at radius 2 is 1.81 bits per heavy atom. The maximum absolute atomic E-state index is 10.8. The first-order valence-corrected chi connectivity index (χ1v) is 6.80. The van der Waals surface area contributed by atoms with Gasteiger partial charge in [0.1, 0.15) is 5.75 Å². The average Bonchev–Trinajstić information content (AvgIpc) is 2.45. The molecule has 21 heavy (non-hydrogen) atoms. The van der Waals surface area contributed by atoms with Crippen LogP contribution in [-0.4, -0.2) is 29.8 Å². The highest BCUT2D eigenvalue weighted by molar-refractivity contribution is 5.87. The largest absolute Gasteiger partial charge is 0.508 e. The van der Waals surface area contributed by atoms with E-state index in [4.69, 9.17) is 5.11 Å². The van der Waals surface area contributed by atoms with Crippen LogP contribution in [0.4, 0.5) is 5.69 Å². The topological polar surface area (TPSA) is 60.8 Å². The van der Waals surface area contributed by atoms with Gasteiger partial charge in [-0.05, 0) is 54.8 Å². The zero-order valence-electron chi connectivity index (χ0n) is 12.2. The van der Waals surface area contributed by atoms with Gasteiger partial charge in [0.05, 0.1) is 5.56 Å². The third kappa shape index (κ3) is 3.75. The highest BCUT2D eigenvalue weighted by Gasteiger charge is 2.06. The molecule has 2 aromatic rings. The van der Waals surface area contributed by atoms with Crippen molar-refractivity contribution in [3.8, 4) is 5.75 Å². The molecule has 2 rings (SSSR count). The van der Waals surface area contributed by atoms with E-state index >= 15 is 0 Å². The Kier molecular flexibility index (Phi) is 4.48. The normalized spacial score (nSPS) is 10.4. The maximum atomic E-state index is 10.8. The van der Waals surface area contributed by atoms with Crippen LogP contribution in [0.15, 0.2) is 42.5 Å². The minimum absolute atomic E-state index is 0.272. The molecule has 0 fully saturated rings. The molecule has 0 aliphatic rings. The number of nitrogens with zero attached hydrogens (tertiary/aromatic N) is 1. The third-order valence-electron chi connectivity index (χ3n) is 3.53. The number of carboxylic acids is 1. The molecule has 0 aromatic heterocycles. The van der Waals surface area contributed by atoms with Crippen molar-refractivity contribution < 1.29 is 15.0 Å². The Hall–Kier alpha value is -2.49. The Morgan fingerprint density at radius 3 is 2.38 bits per heavy atom. The molecule has 0 heterocycles. The average molecular weight is 285 g/mol. The smallest absolute Gasteiger partial charge is 0.335 e. The molecule has 0 atom stereocenters. The van der Waals surface area contributed by atoms with E-state index in [1.54, 1.807) is 24.3 Å². The summed E-state index contributed by atoms with van der Waals surface area (Å²) in [4.78, 5) is 12.9. The fourth-order valence-electron chi connectivity index (χ4n) is 2.30. The maximum Gasteiger partial charge on any atom is 0.335 e. The van der Waals surface area contributed by atoms with Crippen molar-refractivity contribution in [2.75, 3.05) is 18.5 Å². The van der Waals surface area contributed by atoms with Gasteiger partial charge in [0, 0.05) is 19.3 Å². The van der Waals surface area contributed by atoms with E-state index in [-0.39, 0.29) is 5.75 Å². The Morgan fingerprint density at radius 1 is 1.14 bits per heavy atom. The number of phenolic OH excluding ortho intramolecular Hbond substituents is 1. The van der Waals surface area contributed by atoms with Crippen LogP contribution in [0.3, 0.4) is 0 Å². The quantitative estimate of drug-likeness (QED) is 0.886. The predicted octanol–water partition coefficient (Wildman–Crippen LogP) is 3.08. The summed E-state index contributed by atoms with van der Waals surface area (Å²) >= 11 is 0. The number of likely N-dealkylation sites (N-methyl/N-ethyl adjacent to an activating group) is 1. The zero-order chi connectivity index (χ0) is 15.4. The molecule has 0 saturated carbocycles. The second-order valence-electron chi connectivity index (χ2n) is 5.14. The van der Waals surface area contributed by atoms with Gasteiger partial charge in [0.15, 0.2) is 0 Å². The predicted molar refractivity (Wildman–Crippen MR) is 83.2 cm³/mol. The summed E-state index contributed by atoms with van der Waals surface area (Å²) in [6.45, 7) is 2.78. The highest BCUT2D eigenvalue weighted by atomic mass is 16.4. The van der Waals surface area contributed by atoms with Gasteiger partial charge in [0.25, 0.3) is 0 Å². The lowest BCUT2D eigenvalue weighted by Gasteiger charge is -2.21. The standard InChI is InChI=1S/C17H19NO3/c1-12-11-15(19)7-8-16(12)18(2)10-9-13-3-5-14(6-4-13)17(20)21/h3-8,11,19H,9-10H2,1-2H3,(H,20,21). The minimum atomic E-state index is -0.904. The van der Waals surface area contributed by atoms with Crippen molar-refractivity contribution in [3.05, 3.63) is 59.2 Å². The van der Waals surface area contributed by atoms with E-state index in [0.29, 0.717) is 5.56 Å². The molecule has 0 aliphatic heterocycles. The lowest BCUT2D eigenvalue weighted by molar-refractivity contribution is 0.0697. The van der Waals surface area contributed by atoms with Crippen molar-refractivity contribution in [1.29, 1.82) is 0 Å². The van der Waals surface area contributed by atoms with Crippen molar-refractivity contribution in [1.82, 2.24) is 0 Å². The highest BCUT2D eigenvalue weighted by Crippen LogP contribution is 2.23. The van der Waals surface area contributed by atoms with Gasteiger partial charge in [-0.3, -0.25) is 0 Å². The summed E-state index contributed by atoms with van der Waals surface area (Å²) in [5.74, 6) is -0.632. The number of aromatic hydroxyl groups is 1. The van der Waals surface area contributed by atoms with E-state index in [2.05, 4.69) is 4.90 Å². The van der Waals surface area contributed by atoms with Crippen molar-refractivity contribution in [2.24, 2.45) is 0 Å². The third-order valence-corrected chi connectivity index (χ3v) is 3.53. The van der Waals surface area contributed by atoms with E-state index in [9.17, 15) is 9.90 Å². The molecule has 2 N–H and O–H groups in total. The van der Waals surface area contributed by atoms with E-state index in [1.807, 2.05) is 32.2 Å². The fraction of sp³-hybridized carbons (Fsp3) is 0.235. The first-order chi connectivity index (χ1) is 9.97. The minimum Gasteiger partial charge on any atom is -0.508 e. The molecule has 0 bridgehead atoms. The van der Waals surface area contributed by atoms with Gasteiger partial charge in [0.2, 0.25) is 0 Å². The molecule has 0 unspecified atom stereocenters. The lowest BCUT2D eigenvalue weighted by Crippen LogP contribution is -2.21. The number of hydrogen-bond acceptors (Lipinski definition) is 3. The summed E-state index contributed by atoms with van der Waals surface area (Å²) in [7, 11) is 2.00. The number of rotatable bonds is 5. The molecule has 4 heteroatoms. The summed E-state index contributed by atoms with van der Waals surface area (Å²) in [5, 5.41) is 18.3. The fourth-order valence-corrected chi connectivity index (χ4v) is 2.30. The number of aromatic carboxylic acids is 1. The number of aryl methyl sites for hydroxylation is 1. The summed E-state index contributed by atoms with van der Waals surface area (Å²) in [5.41, 5.74) is 3.51. The molecular weight excluding hydrogens is 266 g/mol. The first-order valence-electron chi connectivity index (χ1n) is 6.80. The number of carboxylic acid groups (broad SMARTS) is 1. The summed E-state index contributed by atoms with van der Waals surface area (Å²) in [6, 6.07) is 12.3. The van der Waals surface area contributed by atoms with Gasteiger partial charge < -0.3 is 15.1 Å². The van der Waals surface area contributed by atoms with Crippen molar-refractivity contribution >= 4 is 11.7 Å². The van der Waals surface area contributed by atoms with Gasteiger partial charge >= 0.3 is 5.97 Å². The summed E-state index contributed by atoms with van der Waals surface area (Å²) in [6.07, 6.45) is 0.830. The molecule has 110 valence electrons. The van der Waals surface area contributed by atoms with Gasteiger partial charge in [-0.2, -0.15) is 0 Å². The molecule has 0 aliphatic carbocycles. The van der Waals surface area contributed by atoms with Crippen molar-refractivity contribution in [3.63, 3.8) is 0 Å². The lowest BCUT2D eigenvalue weighted by atomic mass is 10.1. The Balaban J connectivity index is 2.00. The molecule has 0 radical (unpaired) electrons. The van der Waals surface area contributed by atoms with Crippen LogP contribution in [-0.2, 0) is 6.42 Å². The molecule has 0 amide bonds. The molecule has 2 aromatic carbocycles. The second-order valence-corrected chi connectivity index (χ2v) is 5.14. The number of benzene rings is 2. The van der Waals surface area contributed by atoms with Crippen LogP contribution in [0.25, 0.3) is 0 Å². The van der Waals surface area contributed by atoms with Gasteiger partial charge in [-0.15, -0.1) is 0 Å².